The van der Waals surface area contributed by atoms with E-state index in [0.29, 0.717) is 15.6 Å². The van der Waals surface area contributed by atoms with Crippen molar-refractivity contribution in [1.29, 1.82) is 0 Å². The molecular weight excluding hydrogens is 330 g/mol. The van der Waals surface area contributed by atoms with Crippen LogP contribution in [0, 0.1) is 18.6 Å². The summed E-state index contributed by atoms with van der Waals surface area (Å²) in [6.45, 7) is 1.79. The van der Waals surface area contributed by atoms with Crippen molar-refractivity contribution in [2.24, 2.45) is 0 Å². The normalized spacial score (nSPS) is 11.0. The number of benzene rings is 1. The molecule has 3 rings (SSSR count). The Hall–Kier alpha value is -1.95. The van der Waals surface area contributed by atoms with Crippen LogP contribution in [0.2, 0.25) is 0 Å². The van der Waals surface area contributed by atoms with Crippen LogP contribution in [-0.4, -0.2) is 9.97 Å². The number of ether oxygens (including phenoxy) is 1. The monoisotopic (exact) mass is 338 g/mol. The van der Waals surface area contributed by atoms with E-state index >= 15 is 0 Å². The van der Waals surface area contributed by atoms with E-state index in [1.807, 2.05) is 0 Å². The van der Waals surface area contributed by atoms with Crippen LogP contribution in [0.1, 0.15) is 5.69 Å². The third-order valence-electron chi connectivity index (χ3n) is 2.88. The predicted octanol–water partition coefficient (Wildman–Crippen LogP) is 4.70. The molecule has 0 amide bonds. The number of halogens is 3. The molecule has 1 aromatic carbocycles. The number of hydrogen-bond donors (Lipinski definition) is 1. The zero-order chi connectivity index (χ0) is 14.3. The van der Waals surface area contributed by atoms with Crippen molar-refractivity contribution in [2.75, 3.05) is 0 Å². The molecule has 0 fully saturated rings. The minimum atomic E-state index is -1.04. The molecule has 2 heterocycles. The van der Waals surface area contributed by atoms with Gasteiger partial charge in [0.2, 0.25) is 5.82 Å². The summed E-state index contributed by atoms with van der Waals surface area (Å²) in [7, 11) is 0. The number of H-pyrrole nitrogens is 1. The van der Waals surface area contributed by atoms with Crippen LogP contribution in [-0.2, 0) is 0 Å². The van der Waals surface area contributed by atoms with Gasteiger partial charge in [-0.1, -0.05) is 0 Å². The molecule has 0 saturated carbocycles. The summed E-state index contributed by atoms with van der Waals surface area (Å²) in [6, 6.07) is 4.87. The van der Waals surface area contributed by atoms with E-state index in [1.54, 1.807) is 31.3 Å². The molecule has 0 unspecified atom stereocenters. The molecule has 6 heteroatoms. The number of pyridine rings is 1. The maximum Gasteiger partial charge on any atom is 0.204 e. The van der Waals surface area contributed by atoms with Gasteiger partial charge in [0, 0.05) is 29.5 Å². The lowest BCUT2D eigenvalue weighted by molar-refractivity contribution is 0.416. The smallest absolute Gasteiger partial charge is 0.204 e. The number of aromatic nitrogens is 2. The molecule has 0 aliphatic rings. The van der Waals surface area contributed by atoms with E-state index in [9.17, 15) is 8.78 Å². The van der Waals surface area contributed by atoms with Gasteiger partial charge in [-0.3, -0.25) is 4.98 Å². The largest absolute Gasteiger partial charge is 0.453 e. The highest BCUT2D eigenvalue weighted by atomic mass is 79.9. The summed E-state index contributed by atoms with van der Waals surface area (Å²) in [5, 5.41) is 0.518. The van der Waals surface area contributed by atoms with E-state index in [0.717, 1.165) is 5.69 Å². The lowest BCUT2D eigenvalue weighted by atomic mass is 10.2. The Morgan fingerprint density at radius 2 is 2.05 bits per heavy atom. The number of aromatic amines is 1. The molecule has 0 aliphatic carbocycles. The maximum atomic E-state index is 14.1. The third kappa shape index (κ3) is 2.06. The fraction of sp³-hybridized carbons (Fsp3) is 0.0714. The van der Waals surface area contributed by atoms with Gasteiger partial charge in [0.25, 0.3) is 0 Å². The lowest BCUT2D eigenvalue weighted by Gasteiger charge is -2.11. The second-order valence-electron chi connectivity index (χ2n) is 4.27. The van der Waals surface area contributed by atoms with Gasteiger partial charge in [0.05, 0.1) is 9.99 Å². The Labute approximate surface area is 121 Å². The van der Waals surface area contributed by atoms with Crippen LogP contribution < -0.4 is 4.74 Å². The Bertz CT molecular complexity index is 801. The van der Waals surface area contributed by atoms with E-state index in [1.165, 1.54) is 6.20 Å². The van der Waals surface area contributed by atoms with Crippen LogP contribution >= 0.6 is 15.9 Å². The molecular formula is C14H9BrF2N2O. The van der Waals surface area contributed by atoms with E-state index in [4.69, 9.17) is 4.74 Å². The average Bonchev–Trinajstić information content (AvgIpc) is 2.91. The number of aryl methyl sites for hydroxylation is 1. The highest BCUT2D eigenvalue weighted by molar-refractivity contribution is 9.10. The highest BCUT2D eigenvalue weighted by Gasteiger charge is 2.21. The summed E-state index contributed by atoms with van der Waals surface area (Å²) in [6.07, 6.45) is 3.08. The van der Waals surface area contributed by atoms with E-state index < -0.39 is 11.6 Å². The Kier molecular flexibility index (Phi) is 3.17. The Morgan fingerprint density at radius 3 is 2.80 bits per heavy atom. The van der Waals surface area contributed by atoms with Gasteiger partial charge in [0.1, 0.15) is 5.75 Å². The molecule has 1 N–H and O–H groups in total. The van der Waals surface area contributed by atoms with Crippen molar-refractivity contribution < 1.29 is 13.5 Å². The van der Waals surface area contributed by atoms with Gasteiger partial charge in [0.15, 0.2) is 11.6 Å². The first kappa shape index (κ1) is 13.1. The number of fused-ring (bicyclic) bond motifs is 1. The van der Waals surface area contributed by atoms with Crippen molar-refractivity contribution in [3.05, 3.63) is 52.4 Å². The van der Waals surface area contributed by atoms with E-state index in [-0.39, 0.29) is 11.3 Å². The summed E-state index contributed by atoms with van der Waals surface area (Å²) >= 11 is 3.25. The molecule has 3 nitrogen and oxygen atoms in total. The molecule has 0 bridgehead atoms. The van der Waals surface area contributed by atoms with Crippen molar-refractivity contribution in [3.8, 4) is 11.5 Å². The van der Waals surface area contributed by atoms with Gasteiger partial charge < -0.3 is 9.72 Å². The van der Waals surface area contributed by atoms with Gasteiger partial charge >= 0.3 is 0 Å². The van der Waals surface area contributed by atoms with Crippen LogP contribution in [0.4, 0.5) is 8.78 Å². The number of hydrogen-bond acceptors (Lipinski definition) is 2. The first-order chi connectivity index (χ1) is 9.58. The summed E-state index contributed by atoms with van der Waals surface area (Å²) in [4.78, 5) is 6.68. The van der Waals surface area contributed by atoms with Crippen LogP contribution in [0.5, 0.6) is 11.5 Å². The van der Waals surface area contributed by atoms with Crippen molar-refractivity contribution in [3.63, 3.8) is 0 Å². The lowest BCUT2D eigenvalue weighted by Crippen LogP contribution is -1.96. The molecule has 3 aromatic rings. The topological polar surface area (TPSA) is 37.9 Å². The SMILES string of the molecule is Cc1cc(Oc2c(F)c(F)c3[nH]ccc3c2Br)ccn1. The van der Waals surface area contributed by atoms with Crippen molar-refractivity contribution >= 4 is 26.8 Å². The fourth-order valence-electron chi connectivity index (χ4n) is 1.95. The number of rotatable bonds is 2. The first-order valence-electron chi connectivity index (χ1n) is 5.82. The van der Waals surface area contributed by atoms with Crippen LogP contribution in [0.25, 0.3) is 10.9 Å². The fourth-order valence-corrected chi connectivity index (χ4v) is 2.54. The van der Waals surface area contributed by atoms with E-state index in [2.05, 4.69) is 25.9 Å². The van der Waals surface area contributed by atoms with Gasteiger partial charge in [-0.25, -0.2) is 4.39 Å². The molecule has 0 spiro atoms. The minimum Gasteiger partial charge on any atom is -0.453 e. The van der Waals surface area contributed by atoms with Gasteiger partial charge in [-0.15, -0.1) is 0 Å². The highest BCUT2D eigenvalue weighted by Crippen LogP contribution is 2.39. The summed E-state index contributed by atoms with van der Waals surface area (Å²) in [5.74, 6) is -1.79. The molecule has 0 aliphatic heterocycles. The molecule has 0 radical (unpaired) electrons. The molecule has 102 valence electrons. The minimum absolute atomic E-state index is 0.104. The molecule has 2 aromatic heterocycles. The zero-order valence-corrected chi connectivity index (χ0v) is 12.0. The Morgan fingerprint density at radius 1 is 1.25 bits per heavy atom. The van der Waals surface area contributed by atoms with Crippen molar-refractivity contribution in [1.82, 2.24) is 9.97 Å². The molecule has 0 atom stereocenters. The maximum absolute atomic E-state index is 14.1. The second kappa shape index (κ2) is 4.86. The molecule has 0 saturated heterocycles. The zero-order valence-electron chi connectivity index (χ0n) is 10.4. The summed E-state index contributed by atoms with van der Waals surface area (Å²) in [5.41, 5.74) is 0.829. The summed E-state index contributed by atoms with van der Waals surface area (Å²) < 4.78 is 33.9. The Balaban J connectivity index is 2.16. The predicted molar refractivity (Wildman–Crippen MR) is 75.0 cm³/mol. The number of nitrogens with one attached hydrogen (secondary N) is 1. The quantitative estimate of drug-likeness (QED) is 0.687. The molecule has 20 heavy (non-hydrogen) atoms. The third-order valence-corrected chi connectivity index (χ3v) is 3.67. The van der Waals surface area contributed by atoms with Gasteiger partial charge in [-0.2, -0.15) is 4.39 Å². The standard InChI is InChI=1S/C14H9BrF2N2O/c1-7-6-8(2-4-18-7)20-14-10(15)9-3-5-19-13(9)11(16)12(14)17/h2-6,19H,1H3. The average molecular weight is 339 g/mol. The van der Waals surface area contributed by atoms with Crippen LogP contribution in [0.3, 0.4) is 0 Å². The van der Waals surface area contributed by atoms with Crippen molar-refractivity contribution in [2.45, 2.75) is 6.92 Å². The van der Waals surface area contributed by atoms with Gasteiger partial charge in [-0.05, 0) is 35.0 Å². The first-order valence-corrected chi connectivity index (χ1v) is 6.61. The second-order valence-corrected chi connectivity index (χ2v) is 5.07. The number of nitrogens with zero attached hydrogens (tertiary/aromatic N) is 1. The van der Waals surface area contributed by atoms with Crippen LogP contribution in [0.15, 0.2) is 35.1 Å².